The molecule has 0 fully saturated rings. The van der Waals surface area contributed by atoms with Crippen molar-refractivity contribution >= 4 is 103 Å². The monoisotopic (exact) mass is 1010 g/mol. The van der Waals surface area contributed by atoms with Gasteiger partial charge in [0.15, 0.2) is 0 Å². The summed E-state index contributed by atoms with van der Waals surface area (Å²) >= 11 is 2.81. The van der Waals surface area contributed by atoms with Crippen LogP contribution in [0.15, 0.2) is 58.7 Å². The zero-order valence-corrected chi connectivity index (χ0v) is 52.9. The van der Waals surface area contributed by atoms with E-state index in [0.717, 1.165) is 0 Å². The van der Waals surface area contributed by atoms with Crippen LogP contribution in [0.3, 0.4) is 0 Å². The van der Waals surface area contributed by atoms with Crippen LogP contribution in [-0.2, 0) is 20.4 Å². The Balaban J connectivity index is 0.00000580. The normalized spacial score (nSPS) is 15.6. The number of rotatable bonds is 10. The summed E-state index contributed by atoms with van der Waals surface area (Å²) in [6.45, 7) is 65.4. The fourth-order valence-electron chi connectivity index (χ4n) is 10.8. The molecular formula is C48H81Cl3Si7Ti. The summed E-state index contributed by atoms with van der Waals surface area (Å²) in [5.74, 6) is 0. The Morgan fingerprint density at radius 2 is 0.492 bits per heavy atom. The van der Waals surface area contributed by atoms with E-state index in [9.17, 15) is 0 Å². The topological polar surface area (TPSA) is 0 Å². The molecule has 0 saturated carbocycles. The second-order valence-corrected chi connectivity index (χ2v) is 59.9. The predicted octanol–water partition coefficient (Wildman–Crippen LogP) is 0.296. The van der Waals surface area contributed by atoms with Gasteiger partial charge in [-0.05, 0) is 0 Å². The van der Waals surface area contributed by atoms with Crippen molar-refractivity contribution in [1.29, 1.82) is 0 Å². The van der Waals surface area contributed by atoms with E-state index in [-0.39, 0.29) is 40.6 Å². The summed E-state index contributed by atoms with van der Waals surface area (Å²) in [5, 5.41) is 15.7. The quantitative estimate of drug-likeness (QED) is 0.203. The number of halogens is 3. The predicted molar refractivity (Wildman–Crippen MR) is 276 cm³/mol. The van der Waals surface area contributed by atoms with Crippen LogP contribution in [0.2, 0.25) is 121 Å². The maximum Gasteiger partial charge on any atom is -1.00 e. The molecule has 0 bridgehead atoms. The van der Waals surface area contributed by atoms with Crippen molar-refractivity contribution in [1.82, 2.24) is 0 Å². The van der Waals surface area contributed by atoms with E-state index in [0.29, 0.717) is 0 Å². The van der Waals surface area contributed by atoms with E-state index in [2.05, 4.69) is 223 Å². The van der Waals surface area contributed by atoms with Gasteiger partial charge in [-0.1, -0.05) is 0 Å². The van der Waals surface area contributed by atoms with Crippen LogP contribution >= 0.6 is 0 Å². The van der Waals surface area contributed by atoms with Crippen LogP contribution < -0.4 is 83.9 Å². The molecule has 0 aliphatic heterocycles. The van der Waals surface area contributed by atoms with Gasteiger partial charge in [-0.3, -0.25) is 0 Å². The van der Waals surface area contributed by atoms with Crippen molar-refractivity contribution < 1.29 is 57.7 Å². The number of hydrogen-bond donors (Lipinski definition) is 0. The van der Waals surface area contributed by atoms with Gasteiger partial charge in [0, 0.05) is 0 Å². The molecule has 0 atom stereocenters. The Hall–Kier alpha value is 0.242. The largest absolute Gasteiger partial charge is 1.00 e. The maximum absolute atomic E-state index is 3.20. The average Bonchev–Trinajstić information content (AvgIpc) is 3.15. The maximum atomic E-state index is 2.81. The van der Waals surface area contributed by atoms with E-state index in [1.807, 2.05) is 15.6 Å². The standard InChI is InChI=1S/C48H81Si7.3ClH.Ti/c1-32-33(2)35(4)45(34(32)3)55(46-36(5)39(49(8,9)10)26-29-42(46)52(17,18)19,47-37(6)40(50(11,12)13)27-30-43(47)53(20,21)22)48-38(7)41(51(14,15)16)28-31-44(48)54(23,24)25;;;;/h26-31H,1-25H3;3*1H;/q;;;;+3/p-3. The first kappa shape index (κ1) is 57.3. The van der Waals surface area contributed by atoms with E-state index in [1.165, 1.54) is 11.1 Å². The number of allylic oxidation sites excluding steroid dienone is 4. The summed E-state index contributed by atoms with van der Waals surface area (Å²) in [4.78, 5) is 0. The second kappa shape index (κ2) is 18.3. The van der Waals surface area contributed by atoms with Gasteiger partial charge >= 0.3 is 369 Å². The molecule has 0 amide bonds. The number of hydrogen-bond acceptors (Lipinski definition) is 0. The third-order valence-electron chi connectivity index (χ3n) is 13.7. The Morgan fingerprint density at radius 3 is 0.661 bits per heavy atom. The minimum atomic E-state index is -3.20. The van der Waals surface area contributed by atoms with E-state index in [1.54, 1.807) is 59.0 Å². The first-order chi connectivity index (χ1) is 24.9. The molecule has 59 heavy (non-hydrogen) atoms. The summed E-state index contributed by atoms with van der Waals surface area (Å²) in [6, 6.07) is 16.1. The molecule has 3 aromatic rings. The zero-order valence-electron chi connectivity index (χ0n) is 42.1. The van der Waals surface area contributed by atoms with Crippen molar-refractivity contribution in [2.45, 2.75) is 170 Å². The second-order valence-electron chi connectivity index (χ2n) is 24.0. The van der Waals surface area contributed by atoms with Crippen molar-refractivity contribution in [2.75, 3.05) is 0 Å². The minimum absolute atomic E-state index is 0. The first-order valence-corrected chi connectivity index (χ1v) is 45.3. The van der Waals surface area contributed by atoms with Crippen LogP contribution in [0.25, 0.3) is 0 Å². The molecule has 326 valence electrons. The third kappa shape index (κ3) is 9.64. The van der Waals surface area contributed by atoms with Crippen LogP contribution in [0.5, 0.6) is 0 Å². The van der Waals surface area contributed by atoms with Crippen molar-refractivity contribution in [3.05, 3.63) is 75.4 Å². The molecule has 0 aromatic heterocycles. The molecular weight excluding hydrogens is 927 g/mol. The molecule has 1 aliphatic rings. The molecule has 3 aromatic carbocycles. The third-order valence-corrected chi connectivity index (χ3v) is 36.1. The minimum Gasteiger partial charge on any atom is -1.00 e. The van der Waals surface area contributed by atoms with Crippen LogP contribution in [0.4, 0.5) is 0 Å². The molecule has 1 aliphatic carbocycles. The summed E-state index contributed by atoms with van der Waals surface area (Å²) in [5.41, 5.74) is 11.3. The molecule has 11 heteroatoms. The smallest absolute Gasteiger partial charge is 1.00 e. The molecule has 0 heterocycles. The van der Waals surface area contributed by atoms with Crippen LogP contribution in [0.1, 0.15) is 44.4 Å². The van der Waals surface area contributed by atoms with Gasteiger partial charge < -0.3 is 37.2 Å². The van der Waals surface area contributed by atoms with Crippen molar-refractivity contribution in [3.63, 3.8) is 0 Å². The fraction of sp³-hybridized carbons (Fsp3) is 0.542. The zero-order chi connectivity index (χ0) is 43.5. The van der Waals surface area contributed by atoms with Gasteiger partial charge in [-0.25, -0.2) is 0 Å². The summed E-state index contributed by atoms with van der Waals surface area (Å²) < 4.78 is -0.160. The summed E-state index contributed by atoms with van der Waals surface area (Å²) in [6.07, 6.45) is 0. The van der Waals surface area contributed by atoms with Gasteiger partial charge in [-0.2, -0.15) is 0 Å². The van der Waals surface area contributed by atoms with E-state index in [4.69, 9.17) is 0 Å². The molecule has 0 unspecified atom stereocenters. The van der Waals surface area contributed by atoms with Crippen molar-refractivity contribution in [2.24, 2.45) is 0 Å². The van der Waals surface area contributed by atoms with Gasteiger partial charge in [0.2, 0.25) is 0 Å². The van der Waals surface area contributed by atoms with Gasteiger partial charge in [0.1, 0.15) is 0 Å². The fourth-order valence-corrected chi connectivity index (χ4v) is 35.6. The Morgan fingerprint density at radius 1 is 0.322 bits per heavy atom. The number of benzene rings is 3. The van der Waals surface area contributed by atoms with E-state index < -0.39 is 56.5 Å². The molecule has 0 N–H and O–H groups in total. The van der Waals surface area contributed by atoms with Gasteiger partial charge in [0.05, 0.1) is 0 Å². The van der Waals surface area contributed by atoms with Gasteiger partial charge in [-0.15, -0.1) is 0 Å². The molecule has 0 nitrogen and oxygen atoms in total. The molecule has 0 saturated heterocycles. The molecule has 0 radical (unpaired) electrons. The first-order valence-electron chi connectivity index (χ1n) is 21.5. The van der Waals surface area contributed by atoms with Crippen molar-refractivity contribution in [3.8, 4) is 0 Å². The Labute approximate surface area is 402 Å². The molecule has 0 spiro atoms. The SMILES string of the molecule is CC1=C(C)[C]([Ti+3])([Si](c2c([Si](C)(C)C)ccc([Si](C)(C)C)c2C)(c2c([Si](C)(C)C)ccc([Si](C)(C)C)c2C)c2c([Si](C)(C)C)ccc([Si](C)(C)C)c2C)C(C)=C1C.[Cl-].[Cl-].[Cl-]. The van der Waals surface area contributed by atoms with Crippen LogP contribution in [0, 0.1) is 20.8 Å². The average molecular weight is 1010 g/mol. The van der Waals surface area contributed by atoms with E-state index >= 15 is 0 Å². The Kier molecular flexibility index (Phi) is 17.7. The molecule has 4 rings (SSSR count). The Bertz CT molecular complexity index is 1920. The van der Waals surface area contributed by atoms with Gasteiger partial charge in [0.25, 0.3) is 0 Å². The van der Waals surface area contributed by atoms with Crippen LogP contribution in [-0.4, -0.2) is 56.5 Å². The summed E-state index contributed by atoms with van der Waals surface area (Å²) in [7, 11) is -14.3.